The lowest BCUT2D eigenvalue weighted by Crippen LogP contribution is -2.31. The van der Waals surface area contributed by atoms with Crippen LogP contribution in [0, 0.1) is 0 Å². The molecule has 7 heteroatoms. The number of Topliss-reactive ketones (excluding diaryl/α,β-unsaturated/α-hetero) is 1. The zero-order valence-corrected chi connectivity index (χ0v) is 18.1. The van der Waals surface area contributed by atoms with Gasteiger partial charge in [-0.2, -0.15) is 4.98 Å². The first-order valence-corrected chi connectivity index (χ1v) is 11.2. The van der Waals surface area contributed by atoms with Gasteiger partial charge in [0.25, 0.3) is 5.56 Å². The first-order chi connectivity index (χ1) is 13.9. The number of hydrogen-bond acceptors (Lipinski definition) is 6. The normalized spacial score (nSPS) is 15.2. The Morgan fingerprint density at radius 1 is 1.38 bits per heavy atom. The van der Waals surface area contributed by atoms with Crippen molar-refractivity contribution in [3.05, 3.63) is 69.3 Å². The van der Waals surface area contributed by atoms with E-state index in [1.54, 1.807) is 18.2 Å². The van der Waals surface area contributed by atoms with Gasteiger partial charge in [-0.05, 0) is 13.8 Å². The minimum atomic E-state index is -0.243. The molecule has 1 aromatic carbocycles. The average molecular weight is 427 g/mol. The predicted octanol–water partition coefficient (Wildman–Crippen LogP) is 4.47. The zero-order valence-electron chi connectivity index (χ0n) is 16.4. The molecule has 0 fully saturated rings. The highest BCUT2D eigenvalue weighted by Crippen LogP contribution is 2.38. The highest BCUT2D eigenvalue weighted by Gasteiger charge is 2.31. The standard InChI is InChI=1S/C22H22N2O3S2/c1-4-10-24-18-15-12-27-22(2,3)11-17(15)29-19(18)20(26)23-21(24)28-13-16(25)14-8-6-5-7-9-14/h4-9H,1,10-13H2,2-3H3. The molecule has 0 aliphatic carbocycles. The van der Waals surface area contributed by atoms with Crippen molar-refractivity contribution in [3.63, 3.8) is 0 Å². The van der Waals surface area contributed by atoms with Gasteiger partial charge in [0.15, 0.2) is 10.9 Å². The summed E-state index contributed by atoms with van der Waals surface area (Å²) in [7, 11) is 0. The summed E-state index contributed by atoms with van der Waals surface area (Å²) in [6.45, 7) is 8.96. The number of thiophene rings is 1. The quantitative estimate of drug-likeness (QED) is 0.252. The first kappa shape index (κ1) is 20.1. The van der Waals surface area contributed by atoms with Gasteiger partial charge in [-0.1, -0.05) is 48.2 Å². The van der Waals surface area contributed by atoms with Crippen molar-refractivity contribution in [1.29, 1.82) is 0 Å². The lowest BCUT2D eigenvalue weighted by Gasteiger charge is -2.30. The summed E-state index contributed by atoms with van der Waals surface area (Å²) < 4.78 is 8.65. The molecule has 3 heterocycles. The van der Waals surface area contributed by atoms with E-state index in [1.807, 2.05) is 22.8 Å². The molecule has 29 heavy (non-hydrogen) atoms. The molecular weight excluding hydrogens is 404 g/mol. The summed E-state index contributed by atoms with van der Waals surface area (Å²) in [6, 6.07) is 9.16. The Bertz CT molecular complexity index is 1150. The van der Waals surface area contributed by atoms with Gasteiger partial charge in [-0.3, -0.25) is 9.59 Å². The van der Waals surface area contributed by atoms with Crippen LogP contribution in [0.1, 0.15) is 34.6 Å². The second-order valence-electron chi connectivity index (χ2n) is 7.58. The number of hydrogen-bond donors (Lipinski definition) is 0. The van der Waals surface area contributed by atoms with E-state index in [0.717, 1.165) is 17.5 Å². The predicted molar refractivity (Wildman–Crippen MR) is 118 cm³/mol. The lowest BCUT2D eigenvalue weighted by molar-refractivity contribution is -0.0384. The van der Waals surface area contributed by atoms with Crippen LogP contribution in [0.5, 0.6) is 0 Å². The van der Waals surface area contributed by atoms with E-state index in [0.29, 0.717) is 28.6 Å². The monoisotopic (exact) mass is 426 g/mol. The van der Waals surface area contributed by atoms with Gasteiger partial charge < -0.3 is 9.30 Å². The SMILES string of the molecule is C=CCn1c(SCC(=O)c2ccccc2)nc(=O)c2sc3c(c21)COC(C)(C)C3. The van der Waals surface area contributed by atoms with E-state index in [1.165, 1.54) is 28.0 Å². The molecule has 0 saturated carbocycles. The van der Waals surface area contributed by atoms with Gasteiger partial charge >= 0.3 is 0 Å². The maximum Gasteiger partial charge on any atom is 0.291 e. The fourth-order valence-electron chi connectivity index (χ4n) is 3.47. The molecule has 0 bridgehead atoms. The van der Waals surface area contributed by atoms with Crippen molar-refractivity contribution in [2.24, 2.45) is 0 Å². The minimum absolute atomic E-state index is 0.00697. The average Bonchev–Trinajstić information content (AvgIpc) is 3.07. The van der Waals surface area contributed by atoms with Gasteiger partial charge in [0.05, 0.1) is 23.5 Å². The Hall–Kier alpha value is -2.22. The molecule has 2 aromatic heterocycles. The fourth-order valence-corrected chi connectivity index (χ4v) is 5.77. The second-order valence-corrected chi connectivity index (χ2v) is 9.63. The van der Waals surface area contributed by atoms with Crippen molar-refractivity contribution in [2.75, 3.05) is 5.75 Å². The molecular formula is C22H22N2O3S2. The summed E-state index contributed by atoms with van der Waals surface area (Å²) in [6.07, 6.45) is 2.55. The molecule has 1 aliphatic heterocycles. The molecule has 1 aliphatic rings. The summed E-state index contributed by atoms with van der Waals surface area (Å²) in [4.78, 5) is 30.8. The number of nitrogens with zero attached hydrogens (tertiary/aromatic N) is 2. The summed E-state index contributed by atoms with van der Waals surface area (Å²) in [5.41, 5.74) is 2.10. The van der Waals surface area contributed by atoms with E-state index in [2.05, 4.69) is 25.4 Å². The minimum Gasteiger partial charge on any atom is -0.370 e. The number of ether oxygens (including phenoxy) is 1. The largest absolute Gasteiger partial charge is 0.370 e. The Morgan fingerprint density at radius 3 is 2.86 bits per heavy atom. The van der Waals surface area contributed by atoms with Crippen molar-refractivity contribution < 1.29 is 9.53 Å². The van der Waals surface area contributed by atoms with Crippen molar-refractivity contribution >= 4 is 39.1 Å². The van der Waals surface area contributed by atoms with E-state index in [4.69, 9.17) is 4.74 Å². The van der Waals surface area contributed by atoms with E-state index >= 15 is 0 Å². The lowest BCUT2D eigenvalue weighted by atomic mass is 9.98. The van der Waals surface area contributed by atoms with E-state index in [9.17, 15) is 9.59 Å². The number of benzene rings is 1. The molecule has 3 aromatic rings. The van der Waals surface area contributed by atoms with Crippen LogP contribution in [0.15, 0.2) is 52.9 Å². The van der Waals surface area contributed by atoms with Gasteiger partial charge in [0.1, 0.15) is 4.70 Å². The molecule has 0 saturated heterocycles. The van der Waals surface area contributed by atoms with Crippen LogP contribution in [0.3, 0.4) is 0 Å². The number of ketones is 1. The summed E-state index contributed by atoms with van der Waals surface area (Å²) in [5, 5.41) is 0.539. The number of rotatable bonds is 6. The number of carbonyl (C=O) groups excluding carboxylic acids is 1. The molecule has 5 nitrogen and oxygen atoms in total. The maximum absolute atomic E-state index is 12.8. The Kier molecular flexibility index (Phi) is 5.46. The Morgan fingerprint density at radius 2 is 2.14 bits per heavy atom. The van der Waals surface area contributed by atoms with Crippen molar-refractivity contribution in [1.82, 2.24) is 9.55 Å². The summed E-state index contributed by atoms with van der Waals surface area (Å²) in [5.74, 6) is 0.224. The van der Waals surface area contributed by atoms with Crippen LogP contribution in [-0.2, 0) is 24.3 Å². The third kappa shape index (κ3) is 3.95. The molecule has 150 valence electrons. The van der Waals surface area contributed by atoms with Crippen LogP contribution in [-0.4, -0.2) is 26.7 Å². The van der Waals surface area contributed by atoms with Crippen LogP contribution < -0.4 is 5.56 Å². The van der Waals surface area contributed by atoms with Gasteiger partial charge in [0, 0.05) is 29.0 Å². The summed E-state index contributed by atoms with van der Waals surface area (Å²) >= 11 is 2.80. The van der Waals surface area contributed by atoms with Crippen LogP contribution in [0.2, 0.25) is 0 Å². The van der Waals surface area contributed by atoms with E-state index in [-0.39, 0.29) is 22.7 Å². The molecule has 0 N–H and O–H groups in total. The van der Waals surface area contributed by atoms with Crippen molar-refractivity contribution in [3.8, 4) is 0 Å². The molecule has 0 unspecified atom stereocenters. The first-order valence-electron chi connectivity index (χ1n) is 9.40. The van der Waals surface area contributed by atoms with Gasteiger partial charge in [0.2, 0.25) is 0 Å². The third-order valence-corrected chi connectivity index (χ3v) is 7.07. The van der Waals surface area contributed by atoms with Crippen LogP contribution in [0.4, 0.5) is 0 Å². The molecule has 4 rings (SSSR count). The third-order valence-electron chi connectivity index (χ3n) is 4.89. The number of fused-ring (bicyclic) bond motifs is 3. The smallest absolute Gasteiger partial charge is 0.291 e. The molecule has 0 spiro atoms. The number of aromatic nitrogens is 2. The van der Waals surface area contributed by atoms with Crippen LogP contribution >= 0.6 is 23.1 Å². The van der Waals surface area contributed by atoms with Gasteiger partial charge in [-0.25, -0.2) is 0 Å². The Balaban J connectivity index is 1.74. The maximum atomic E-state index is 12.8. The Labute approximate surface area is 177 Å². The second kappa shape index (κ2) is 7.89. The molecule has 0 amide bonds. The van der Waals surface area contributed by atoms with Gasteiger partial charge in [-0.15, -0.1) is 17.9 Å². The molecule has 0 atom stereocenters. The topological polar surface area (TPSA) is 61.2 Å². The molecule has 0 radical (unpaired) electrons. The van der Waals surface area contributed by atoms with Crippen molar-refractivity contribution in [2.45, 2.75) is 44.2 Å². The van der Waals surface area contributed by atoms with E-state index < -0.39 is 0 Å². The fraction of sp³-hybridized carbons (Fsp3) is 0.318. The number of carbonyl (C=O) groups is 1. The highest BCUT2D eigenvalue weighted by molar-refractivity contribution is 7.99. The number of thioether (sulfide) groups is 1. The highest BCUT2D eigenvalue weighted by atomic mass is 32.2. The zero-order chi connectivity index (χ0) is 20.6. The van der Waals surface area contributed by atoms with Crippen LogP contribution in [0.25, 0.3) is 10.2 Å². The number of allylic oxidation sites excluding steroid dienone is 1.